The highest BCUT2D eigenvalue weighted by molar-refractivity contribution is 7.89. The van der Waals surface area contributed by atoms with Crippen LogP contribution < -0.4 is 5.73 Å². The van der Waals surface area contributed by atoms with E-state index in [0.717, 1.165) is 22.8 Å². The molecule has 0 saturated carbocycles. The predicted molar refractivity (Wildman–Crippen MR) is 65.4 cm³/mol. The molecule has 0 aliphatic carbocycles. The first-order chi connectivity index (χ1) is 7.76. The van der Waals surface area contributed by atoms with E-state index in [2.05, 4.69) is 4.98 Å². The lowest BCUT2D eigenvalue weighted by Crippen LogP contribution is -2.42. The number of likely N-dealkylation sites (N-methyl/N-ethyl adjacent to an activating group) is 1. The van der Waals surface area contributed by atoms with Crippen LogP contribution in [0.15, 0.2) is 23.4 Å². The minimum Gasteiger partial charge on any atom is -0.392 e. The smallest absolute Gasteiger partial charge is 0.245 e. The van der Waals surface area contributed by atoms with E-state index in [1.807, 2.05) is 0 Å². The lowest BCUT2D eigenvalue weighted by Gasteiger charge is -2.23. The fourth-order valence-electron chi connectivity index (χ4n) is 1.09. The van der Waals surface area contributed by atoms with E-state index in [-0.39, 0.29) is 9.88 Å². The fourth-order valence-corrected chi connectivity index (χ4v) is 2.63. The van der Waals surface area contributed by atoms with Crippen molar-refractivity contribution in [1.82, 2.24) is 9.29 Å². The second-order valence-electron chi connectivity index (χ2n) is 3.44. The summed E-state index contributed by atoms with van der Waals surface area (Å²) in [7, 11) is -2.52. The van der Waals surface area contributed by atoms with Crippen LogP contribution in [0.1, 0.15) is 6.92 Å². The van der Waals surface area contributed by atoms with Crippen molar-refractivity contribution in [2.75, 3.05) is 7.05 Å². The van der Waals surface area contributed by atoms with E-state index in [9.17, 15) is 12.8 Å². The van der Waals surface area contributed by atoms with Gasteiger partial charge in [-0.3, -0.25) is 4.98 Å². The summed E-state index contributed by atoms with van der Waals surface area (Å²) >= 11 is 4.72. The molecule has 1 atom stereocenters. The molecule has 1 unspecified atom stereocenters. The average Bonchev–Trinajstić information content (AvgIpc) is 2.26. The molecular formula is C9H12FN3O2S2. The molecule has 0 fully saturated rings. The Balaban J connectivity index is 3.16. The average molecular weight is 277 g/mol. The van der Waals surface area contributed by atoms with Crippen LogP contribution in [0.5, 0.6) is 0 Å². The number of hydrogen-bond donors (Lipinski definition) is 1. The molecule has 0 amide bonds. The van der Waals surface area contributed by atoms with Gasteiger partial charge in [-0.1, -0.05) is 12.2 Å². The molecule has 0 radical (unpaired) electrons. The molecule has 2 N–H and O–H groups in total. The number of hydrogen-bond acceptors (Lipinski definition) is 4. The van der Waals surface area contributed by atoms with E-state index < -0.39 is 21.9 Å². The van der Waals surface area contributed by atoms with Crippen molar-refractivity contribution in [2.24, 2.45) is 5.73 Å². The zero-order valence-electron chi connectivity index (χ0n) is 9.29. The number of nitrogens with zero attached hydrogens (tertiary/aromatic N) is 2. The minimum atomic E-state index is -3.84. The van der Waals surface area contributed by atoms with Crippen molar-refractivity contribution in [3.05, 3.63) is 24.3 Å². The number of thiocarbonyl (C=S) groups is 1. The standard InChI is InChI=1S/C9H12FN3O2S2/c1-6(9(11)16)13(2)17(14,15)8-3-7(10)4-12-5-8/h3-6H,1-2H3,(H2,11,16). The van der Waals surface area contributed by atoms with E-state index in [1.54, 1.807) is 6.92 Å². The van der Waals surface area contributed by atoms with E-state index in [1.165, 1.54) is 7.05 Å². The second-order valence-corrected chi connectivity index (χ2v) is 5.91. The molecule has 1 rings (SSSR count). The Bertz CT molecular complexity index is 533. The van der Waals surface area contributed by atoms with Gasteiger partial charge >= 0.3 is 0 Å². The normalized spacial score (nSPS) is 13.6. The Hall–Kier alpha value is -1.12. The second kappa shape index (κ2) is 5.03. The SMILES string of the molecule is CC(C(N)=S)N(C)S(=O)(=O)c1cncc(F)c1. The van der Waals surface area contributed by atoms with Crippen LogP contribution in [0.4, 0.5) is 4.39 Å². The predicted octanol–water partition coefficient (Wildman–Crippen LogP) is 0.516. The van der Waals surface area contributed by atoms with Crippen molar-refractivity contribution < 1.29 is 12.8 Å². The number of halogens is 1. The summed E-state index contributed by atoms with van der Waals surface area (Å²) in [6.45, 7) is 1.55. The molecular weight excluding hydrogens is 265 g/mol. The number of rotatable bonds is 4. The maximum atomic E-state index is 12.9. The van der Waals surface area contributed by atoms with Crippen LogP contribution >= 0.6 is 12.2 Å². The van der Waals surface area contributed by atoms with Crippen LogP contribution in [0, 0.1) is 5.82 Å². The molecule has 1 heterocycles. The summed E-state index contributed by atoms with van der Waals surface area (Å²) in [6.07, 6.45) is 2.00. The minimum absolute atomic E-state index is 0.0421. The Morgan fingerprint density at radius 2 is 2.18 bits per heavy atom. The van der Waals surface area contributed by atoms with Gasteiger partial charge in [0.1, 0.15) is 10.7 Å². The van der Waals surface area contributed by atoms with Crippen LogP contribution in [0.3, 0.4) is 0 Å². The third-order valence-electron chi connectivity index (χ3n) is 2.31. The van der Waals surface area contributed by atoms with Crippen molar-refractivity contribution in [1.29, 1.82) is 0 Å². The molecule has 0 aromatic carbocycles. The van der Waals surface area contributed by atoms with Crippen LogP contribution in [0.25, 0.3) is 0 Å². The highest BCUT2D eigenvalue weighted by Crippen LogP contribution is 2.16. The molecule has 17 heavy (non-hydrogen) atoms. The van der Waals surface area contributed by atoms with E-state index in [0.29, 0.717) is 0 Å². The largest absolute Gasteiger partial charge is 0.392 e. The molecule has 0 spiro atoms. The first-order valence-electron chi connectivity index (χ1n) is 4.64. The van der Waals surface area contributed by atoms with Gasteiger partial charge in [-0.15, -0.1) is 0 Å². The van der Waals surface area contributed by atoms with Gasteiger partial charge in [0.25, 0.3) is 0 Å². The first kappa shape index (κ1) is 13.9. The van der Waals surface area contributed by atoms with Gasteiger partial charge in [-0.2, -0.15) is 4.31 Å². The molecule has 5 nitrogen and oxygen atoms in total. The first-order valence-corrected chi connectivity index (χ1v) is 6.49. The van der Waals surface area contributed by atoms with Gasteiger partial charge < -0.3 is 5.73 Å². The number of aromatic nitrogens is 1. The summed E-state index contributed by atoms with van der Waals surface area (Å²) in [5.74, 6) is -0.720. The van der Waals surface area contributed by atoms with Gasteiger partial charge in [0.15, 0.2) is 0 Å². The topological polar surface area (TPSA) is 76.3 Å². The monoisotopic (exact) mass is 277 g/mol. The zero-order chi connectivity index (χ0) is 13.2. The summed E-state index contributed by atoms with van der Waals surface area (Å²) in [5, 5.41) is 0. The Morgan fingerprint density at radius 3 is 2.65 bits per heavy atom. The number of nitrogens with two attached hydrogens (primary N) is 1. The third-order valence-corrected chi connectivity index (χ3v) is 4.55. The van der Waals surface area contributed by atoms with Crippen LogP contribution in [-0.4, -0.2) is 35.8 Å². The fraction of sp³-hybridized carbons (Fsp3) is 0.333. The van der Waals surface area contributed by atoms with E-state index >= 15 is 0 Å². The Kier molecular flexibility index (Phi) is 4.12. The van der Waals surface area contributed by atoms with Crippen molar-refractivity contribution in [3.8, 4) is 0 Å². The van der Waals surface area contributed by atoms with Crippen LogP contribution in [-0.2, 0) is 10.0 Å². The van der Waals surface area contributed by atoms with Gasteiger partial charge in [0, 0.05) is 13.2 Å². The third kappa shape index (κ3) is 2.96. The van der Waals surface area contributed by atoms with Gasteiger partial charge in [0.2, 0.25) is 10.0 Å². The molecule has 0 saturated heterocycles. The van der Waals surface area contributed by atoms with Crippen molar-refractivity contribution in [3.63, 3.8) is 0 Å². The summed E-state index contributed by atoms with van der Waals surface area (Å²) in [5.41, 5.74) is 5.38. The maximum Gasteiger partial charge on any atom is 0.245 e. The van der Waals surface area contributed by atoms with Crippen molar-refractivity contribution in [2.45, 2.75) is 17.9 Å². The van der Waals surface area contributed by atoms with Gasteiger partial charge in [0.05, 0.1) is 17.2 Å². The van der Waals surface area contributed by atoms with Crippen molar-refractivity contribution >= 4 is 27.2 Å². The molecule has 94 valence electrons. The highest BCUT2D eigenvalue weighted by atomic mass is 32.2. The summed E-state index contributed by atoms with van der Waals surface area (Å²) in [6, 6.07) is 0.240. The number of pyridine rings is 1. The lowest BCUT2D eigenvalue weighted by molar-refractivity contribution is 0.450. The summed E-state index contributed by atoms with van der Waals surface area (Å²) in [4.78, 5) is 3.30. The zero-order valence-corrected chi connectivity index (χ0v) is 10.9. The Morgan fingerprint density at radius 1 is 1.59 bits per heavy atom. The molecule has 8 heteroatoms. The molecule has 0 aliphatic heterocycles. The maximum absolute atomic E-state index is 12.9. The lowest BCUT2D eigenvalue weighted by atomic mass is 10.3. The number of sulfonamides is 1. The Labute approximate surface area is 104 Å². The van der Waals surface area contributed by atoms with Gasteiger partial charge in [-0.05, 0) is 13.0 Å². The molecule has 0 aliphatic rings. The quantitative estimate of drug-likeness (QED) is 0.812. The van der Waals surface area contributed by atoms with Gasteiger partial charge in [-0.25, -0.2) is 12.8 Å². The summed E-state index contributed by atoms with van der Waals surface area (Å²) < 4.78 is 38.0. The molecule has 1 aromatic rings. The van der Waals surface area contributed by atoms with Crippen LogP contribution in [0.2, 0.25) is 0 Å². The molecule has 0 bridgehead atoms. The highest BCUT2D eigenvalue weighted by Gasteiger charge is 2.27. The molecule has 1 aromatic heterocycles. The van der Waals surface area contributed by atoms with E-state index in [4.69, 9.17) is 18.0 Å².